The highest BCUT2D eigenvalue weighted by molar-refractivity contribution is 5.82. The summed E-state index contributed by atoms with van der Waals surface area (Å²) in [5.74, 6) is 0.212. The van der Waals surface area contributed by atoms with Gasteiger partial charge in [-0.15, -0.1) is 0 Å². The van der Waals surface area contributed by atoms with Gasteiger partial charge >= 0.3 is 0 Å². The fraction of sp³-hybridized carbons (Fsp3) is 0.562. The zero-order chi connectivity index (χ0) is 13.8. The number of hydrogen-bond donors (Lipinski definition) is 1. The van der Waals surface area contributed by atoms with Gasteiger partial charge in [0.1, 0.15) is 6.04 Å². The number of nitrogens with one attached hydrogen (secondary N) is 1. The summed E-state index contributed by atoms with van der Waals surface area (Å²) in [6.45, 7) is 5.92. The van der Waals surface area contributed by atoms with Crippen LogP contribution in [0.3, 0.4) is 0 Å². The lowest BCUT2D eigenvalue weighted by atomic mass is 10.1. The van der Waals surface area contributed by atoms with Crippen LogP contribution < -0.4 is 5.32 Å². The van der Waals surface area contributed by atoms with Gasteiger partial charge in [-0.2, -0.15) is 0 Å². The average Bonchev–Trinajstić information content (AvgIpc) is 2.49. The maximum atomic E-state index is 11.9. The third-order valence-corrected chi connectivity index (χ3v) is 4.36. The number of nitrogens with zero attached hydrogens (tertiary/aromatic N) is 2. The maximum Gasteiger partial charge on any atom is 0.238 e. The Kier molecular flexibility index (Phi) is 4.33. The molecule has 4 nitrogen and oxygen atoms in total. The monoisotopic (exact) mass is 273 g/mol. The Morgan fingerprint density at radius 3 is 2.85 bits per heavy atom. The van der Waals surface area contributed by atoms with Gasteiger partial charge in [-0.05, 0) is 24.9 Å². The molecular formula is C16H23N3O. The van der Waals surface area contributed by atoms with Crippen molar-refractivity contribution >= 4 is 5.91 Å². The normalized spacial score (nSPS) is 24.2. The van der Waals surface area contributed by atoms with E-state index in [4.69, 9.17) is 0 Å². The second-order valence-electron chi connectivity index (χ2n) is 5.73. The first-order valence-corrected chi connectivity index (χ1v) is 7.61. The van der Waals surface area contributed by atoms with E-state index in [9.17, 15) is 4.79 Å². The van der Waals surface area contributed by atoms with Crippen LogP contribution in [0.5, 0.6) is 0 Å². The molecule has 4 heteroatoms. The molecule has 1 unspecified atom stereocenters. The Hall–Kier alpha value is -1.39. The Bertz CT molecular complexity index is 448. The lowest BCUT2D eigenvalue weighted by Gasteiger charge is -2.43. The third-order valence-electron chi connectivity index (χ3n) is 4.36. The number of fused-ring (bicyclic) bond motifs is 1. The van der Waals surface area contributed by atoms with E-state index in [-0.39, 0.29) is 11.9 Å². The first-order valence-electron chi connectivity index (χ1n) is 7.61. The highest BCUT2D eigenvalue weighted by atomic mass is 16.2. The minimum atomic E-state index is 0.0780. The maximum absolute atomic E-state index is 11.9. The summed E-state index contributed by atoms with van der Waals surface area (Å²) < 4.78 is 0. The van der Waals surface area contributed by atoms with E-state index in [2.05, 4.69) is 45.4 Å². The van der Waals surface area contributed by atoms with E-state index in [1.54, 1.807) is 0 Å². The zero-order valence-corrected chi connectivity index (χ0v) is 11.9. The topological polar surface area (TPSA) is 35.6 Å². The van der Waals surface area contributed by atoms with Gasteiger partial charge in [0.2, 0.25) is 5.91 Å². The van der Waals surface area contributed by atoms with Crippen LogP contribution in [0.1, 0.15) is 12.0 Å². The molecule has 1 amide bonds. The third kappa shape index (κ3) is 3.19. The number of hydrogen-bond acceptors (Lipinski definition) is 3. The molecule has 2 saturated heterocycles. The van der Waals surface area contributed by atoms with Gasteiger partial charge < -0.3 is 5.32 Å². The summed E-state index contributed by atoms with van der Waals surface area (Å²) >= 11 is 0. The Morgan fingerprint density at radius 2 is 2.00 bits per heavy atom. The first-order chi connectivity index (χ1) is 9.83. The van der Waals surface area contributed by atoms with Crippen LogP contribution in [0.2, 0.25) is 0 Å². The second kappa shape index (κ2) is 6.37. The molecule has 108 valence electrons. The average molecular weight is 273 g/mol. The number of rotatable bonds is 4. The number of benzene rings is 1. The van der Waals surface area contributed by atoms with Gasteiger partial charge in [0, 0.05) is 32.7 Å². The van der Waals surface area contributed by atoms with Crippen LogP contribution in [-0.4, -0.2) is 61.0 Å². The van der Waals surface area contributed by atoms with Crippen LogP contribution >= 0.6 is 0 Å². The molecule has 1 aromatic rings. The lowest BCUT2D eigenvalue weighted by molar-refractivity contribution is -0.131. The van der Waals surface area contributed by atoms with Crippen molar-refractivity contribution in [2.75, 3.05) is 39.3 Å². The molecule has 0 aliphatic carbocycles. The quantitative estimate of drug-likeness (QED) is 0.879. The molecule has 1 N–H and O–H groups in total. The van der Waals surface area contributed by atoms with Crippen LogP contribution in [0.15, 0.2) is 30.3 Å². The Morgan fingerprint density at radius 1 is 1.15 bits per heavy atom. The van der Waals surface area contributed by atoms with Gasteiger partial charge in [0.05, 0.1) is 0 Å². The van der Waals surface area contributed by atoms with Gasteiger partial charge in [0.15, 0.2) is 0 Å². The molecule has 0 saturated carbocycles. The van der Waals surface area contributed by atoms with Crippen LogP contribution in [0, 0.1) is 0 Å². The smallest absolute Gasteiger partial charge is 0.238 e. The SMILES string of the molecule is O=C1NCCN2CCN(CCCc3ccccc3)CC12. The standard InChI is InChI=1S/C16H23N3O/c20-16-15-13-18(11-12-19(15)10-8-17-16)9-4-7-14-5-2-1-3-6-14/h1-3,5-6,15H,4,7-13H2,(H,17,20). The molecule has 3 rings (SSSR count). The van der Waals surface area contributed by atoms with Gasteiger partial charge in [0.25, 0.3) is 0 Å². The summed E-state index contributed by atoms with van der Waals surface area (Å²) in [6, 6.07) is 10.7. The highest BCUT2D eigenvalue weighted by Gasteiger charge is 2.34. The first kappa shape index (κ1) is 13.6. The van der Waals surface area contributed by atoms with Crippen LogP contribution in [-0.2, 0) is 11.2 Å². The molecule has 0 spiro atoms. The van der Waals surface area contributed by atoms with Crippen LogP contribution in [0.4, 0.5) is 0 Å². The number of carbonyl (C=O) groups excluding carboxylic acids is 1. The molecule has 20 heavy (non-hydrogen) atoms. The van der Waals surface area contributed by atoms with E-state index in [1.807, 2.05) is 0 Å². The van der Waals surface area contributed by atoms with Crippen molar-refractivity contribution < 1.29 is 4.79 Å². The summed E-state index contributed by atoms with van der Waals surface area (Å²) in [4.78, 5) is 16.7. The molecule has 2 heterocycles. The van der Waals surface area contributed by atoms with Gasteiger partial charge in [-0.3, -0.25) is 14.6 Å². The molecule has 0 aromatic heterocycles. The van der Waals surface area contributed by atoms with E-state index in [0.29, 0.717) is 0 Å². The van der Waals surface area contributed by atoms with Crippen molar-refractivity contribution in [2.45, 2.75) is 18.9 Å². The molecule has 1 atom stereocenters. The minimum Gasteiger partial charge on any atom is -0.353 e. The number of carbonyl (C=O) groups is 1. The lowest BCUT2D eigenvalue weighted by Crippen LogP contribution is -2.63. The molecule has 2 aliphatic rings. The summed E-state index contributed by atoms with van der Waals surface area (Å²) in [5, 5.41) is 2.98. The number of amides is 1. The largest absolute Gasteiger partial charge is 0.353 e. The van der Waals surface area contributed by atoms with E-state index in [0.717, 1.165) is 45.7 Å². The Labute approximate surface area is 120 Å². The van der Waals surface area contributed by atoms with Crippen molar-refractivity contribution in [1.82, 2.24) is 15.1 Å². The summed E-state index contributed by atoms with van der Waals surface area (Å²) in [6.07, 6.45) is 2.29. The highest BCUT2D eigenvalue weighted by Crippen LogP contribution is 2.13. The summed E-state index contributed by atoms with van der Waals surface area (Å²) in [5.41, 5.74) is 1.40. The minimum absolute atomic E-state index is 0.0780. The van der Waals surface area contributed by atoms with Gasteiger partial charge in [-0.25, -0.2) is 0 Å². The zero-order valence-electron chi connectivity index (χ0n) is 11.9. The van der Waals surface area contributed by atoms with Crippen molar-refractivity contribution in [3.05, 3.63) is 35.9 Å². The van der Waals surface area contributed by atoms with Crippen molar-refractivity contribution in [1.29, 1.82) is 0 Å². The van der Waals surface area contributed by atoms with Crippen molar-refractivity contribution in [3.8, 4) is 0 Å². The van der Waals surface area contributed by atoms with Crippen molar-refractivity contribution in [2.24, 2.45) is 0 Å². The van der Waals surface area contributed by atoms with Crippen LogP contribution in [0.25, 0.3) is 0 Å². The predicted molar refractivity (Wildman–Crippen MR) is 79.6 cm³/mol. The molecule has 0 radical (unpaired) electrons. The van der Waals surface area contributed by atoms with E-state index < -0.39 is 0 Å². The molecule has 2 aliphatic heterocycles. The number of piperazine rings is 2. The molecule has 2 fully saturated rings. The van der Waals surface area contributed by atoms with Gasteiger partial charge in [-0.1, -0.05) is 30.3 Å². The number of aryl methyl sites for hydroxylation is 1. The Balaban J connectivity index is 1.46. The molecule has 1 aromatic carbocycles. The van der Waals surface area contributed by atoms with E-state index >= 15 is 0 Å². The summed E-state index contributed by atoms with van der Waals surface area (Å²) in [7, 11) is 0. The van der Waals surface area contributed by atoms with Crippen molar-refractivity contribution in [3.63, 3.8) is 0 Å². The molecule has 0 bridgehead atoms. The second-order valence-corrected chi connectivity index (χ2v) is 5.73. The fourth-order valence-electron chi connectivity index (χ4n) is 3.19. The van der Waals surface area contributed by atoms with E-state index in [1.165, 1.54) is 12.0 Å². The fourth-order valence-corrected chi connectivity index (χ4v) is 3.19. The predicted octanol–water partition coefficient (Wildman–Crippen LogP) is 0.735. The molecular weight excluding hydrogens is 250 g/mol.